The van der Waals surface area contributed by atoms with Crippen molar-refractivity contribution < 1.29 is 4.74 Å². The average Bonchev–Trinajstić information content (AvgIpc) is 3.04. The Labute approximate surface area is 145 Å². The summed E-state index contributed by atoms with van der Waals surface area (Å²) in [6, 6.07) is 26.2. The van der Waals surface area contributed by atoms with E-state index >= 15 is 0 Å². The van der Waals surface area contributed by atoms with Crippen LogP contribution in [0.25, 0.3) is 22.2 Å². The first-order valence-electron chi connectivity index (χ1n) is 7.84. The first-order valence-corrected chi connectivity index (χ1v) is 8.22. The molecule has 0 unspecified atom stereocenters. The Morgan fingerprint density at radius 1 is 0.833 bits per heavy atom. The minimum absolute atomic E-state index is 0.564. The van der Waals surface area contributed by atoms with E-state index in [0.717, 1.165) is 38.5 Å². The summed E-state index contributed by atoms with van der Waals surface area (Å²) in [5, 5.41) is 1.85. The van der Waals surface area contributed by atoms with Gasteiger partial charge in [-0.05, 0) is 35.9 Å². The molecule has 0 aliphatic heterocycles. The molecule has 0 saturated carbocycles. The van der Waals surface area contributed by atoms with Gasteiger partial charge in [-0.1, -0.05) is 60.1 Å². The normalized spacial score (nSPS) is 10.9. The lowest BCUT2D eigenvalue weighted by Crippen LogP contribution is -1.94. The minimum atomic E-state index is 0.564. The third-order valence-corrected chi connectivity index (χ3v) is 4.33. The molecule has 1 heterocycles. The summed E-state index contributed by atoms with van der Waals surface area (Å²) in [7, 11) is 0. The molecular formula is C21H16ClNO. The first-order chi connectivity index (χ1) is 11.8. The molecule has 0 spiro atoms. The largest absolute Gasteiger partial charge is 0.489 e. The lowest BCUT2D eigenvalue weighted by atomic mass is 10.1. The van der Waals surface area contributed by atoms with Crippen molar-refractivity contribution in [3.05, 3.63) is 89.4 Å². The Bertz CT molecular complexity index is 975. The fourth-order valence-corrected chi connectivity index (χ4v) is 3.00. The molecule has 4 aromatic rings. The van der Waals surface area contributed by atoms with E-state index in [1.54, 1.807) is 0 Å². The predicted molar refractivity (Wildman–Crippen MR) is 99.5 cm³/mol. The van der Waals surface area contributed by atoms with E-state index < -0.39 is 0 Å². The summed E-state index contributed by atoms with van der Waals surface area (Å²) in [4.78, 5) is 3.41. The highest BCUT2D eigenvalue weighted by Gasteiger charge is 2.07. The van der Waals surface area contributed by atoms with Crippen molar-refractivity contribution >= 4 is 22.5 Å². The van der Waals surface area contributed by atoms with Crippen molar-refractivity contribution in [1.29, 1.82) is 0 Å². The fraction of sp³-hybridized carbons (Fsp3) is 0.0476. The second-order valence-electron chi connectivity index (χ2n) is 5.69. The molecule has 0 bridgehead atoms. The Morgan fingerprint density at radius 2 is 1.62 bits per heavy atom. The van der Waals surface area contributed by atoms with E-state index in [1.165, 1.54) is 0 Å². The molecule has 0 fully saturated rings. The van der Waals surface area contributed by atoms with Gasteiger partial charge in [0.05, 0.1) is 0 Å². The van der Waals surface area contributed by atoms with Crippen LogP contribution < -0.4 is 4.74 Å². The number of rotatable bonds is 4. The molecule has 1 aromatic heterocycles. The van der Waals surface area contributed by atoms with Crippen LogP contribution in [0, 0.1) is 0 Å². The number of ether oxygens (including phenoxy) is 1. The zero-order valence-corrected chi connectivity index (χ0v) is 13.8. The van der Waals surface area contributed by atoms with Crippen LogP contribution in [0.3, 0.4) is 0 Å². The summed E-state index contributed by atoms with van der Waals surface area (Å²) in [5.74, 6) is 0.857. The molecular weight excluding hydrogens is 318 g/mol. The smallest absolute Gasteiger partial charge is 0.120 e. The number of hydrogen-bond acceptors (Lipinski definition) is 1. The topological polar surface area (TPSA) is 25.0 Å². The van der Waals surface area contributed by atoms with Crippen molar-refractivity contribution in [2.75, 3.05) is 0 Å². The fourth-order valence-electron chi connectivity index (χ4n) is 2.77. The highest BCUT2D eigenvalue weighted by molar-refractivity contribution is 6.33. The van der Waals surface area contributed by atoms with Gasteiger partial charge in [0, 0.05) is 27.2 Å². The SMILES string of the molecule is Clc1ccccc1-c1cc2cc(OCc3ccccc3)ccc2[nH]1. The summed E-state index contributed by atoms with van der Waals surface area (Å²) >= 11 is 6.29. The zero-order chi connectivity index (χ0) is 16.4. The van der Waals surface area contributed by atoms with Gasteiger partial charge in [-0.15, -0.1) is 0 Å². The van der Waals surface area contributed by atoms with Gasteiger partial charge in [0.15, 0.2) is 0 Å². The summed E-state index contributed by atoms with van der Waals surface area (Å²) in [6.07, 6.45) is 0. The van der Waals surface area contributed by atoms with Crippen LogP contribution in [0.1, 0.15) is 5.56 Å². The lowest BCUT2D eigenvalue weighted by molar-refractivity contribution is 0.306. The van der Waals surface area contributed by atoms with Gasteiger partial charge in [0.25, 0.3) is 0 Å². The predicted octanol–water partition coefficient (Wildman–Crippen LogP) is 6.07. The van der Waals surface area contributed by atoms with Crippen molar-refractivity contribution in [3.8, 4) is 17.0 Å². The van der Waals surface area contributed by atoms with Gasteiger partial charge in [-0.25, -0.2) is 0 Å². The molecule has 0 aliphatic rings. The molecule has 0 aliphatic carbocycles. The van der Waals surface area contributed by atoms with Crippen LogP contribution in [0.15, 0.2) is 78.9 Å². The standard InChI is InChI=1S/C21H16ClNO/c22-19-9-5-4-8-18(19)21-13-16-12-17(10-11-20(16)23-21)24-14-15-6-2-1-3-7-15/h1-13,23H,14H2. The molecule has 3 aromatic carbocycles. The molecule has 118 valence electrons. The van der Waals surface area contributed by atoms with Gasteiger partial charge >= 0.3 is 0 Å². The van der Waals surface area contributed by atoms with Crippen LogP contribution >= 0.6 is 11.6 Å². The zero-order valence-electron chi connectivity index (χ0n) is 13.0. The third kappa shape index (κ3) is 3.01. The van der Waals surface area contributed by atoms with E-state index in [9.17, 15) is 0 Å². The highest BCUT2D eigenvalue weighted by atomic mass is 35.5. The van der Waals surface area contributed by atoms with Gasteiger partial charge in [-0.3, -0.25) is 0 Å². The van der Waals surface area contributed by atoms with Crippen LogP contribution in [0.4, 0.5) is 0 Å². The Balaban J connectivity index is 1.61. The van der Waals surface area contributed by atoms with Gasteiger partial charge in [-0.2, -0.15) is 0 Å². The number of hydrogen-bond donors (Lipinski definition) is 1. The molecule has 0 atom stereocenters. The number of H-pyrrole nitrogens is 1. The van der Waals surface area contributed by atoms with Crippen molar-refractivity contribution in [3.63, 3.8) is 0 Å². The van der Waals surface area contributed by atoms with Crippen LogP contribution in [-0.4, -0.2) is 4.98 Å². The number of halogens is 1. The van der Waals surface area contributed by atoms with E-state index in [0.29, 0.717) is 6.61 Å². The van der Waals surface area contributed by atoms with Crippen molar-refractivity contribution in [2.45, 2.75) is 6.61 Å². The molecule has 4 rings (SSSR count). The molecule has 2 nitrogen and oxygen atoms in total. The summed E-state index contributed by atoms with van der Waals surface area (Å²) < 4.78 is 5.90. The van der Waals surface area contributed by atoms with Gasteiger partial charge in [0.1, 0.15) is 12.4 Å². The van der Waals surface area contributed by atoms with Crippen molar-refractivity contribution in [2.24, 2.45) is 0 Å². The molecule has 24 heavy (non-hydrogen) atoms. The van der Waals surface area contributed by atoms with E-state index in [1.807, 2.05) is 54.6 Å². The van der Waals surface area contributed by atoms with Crippen LogP contribution in [0.5, 0.6) is 5.75 Å². The van der Waals surface area contributed by atoms with Gasteiger partial charge < -0.3 is 9.72 Å². The lowest BCUT2D eigenvalue weighted by Gasteiger charge is -2.06. The third-order valence-electron chi connectivity index (χ3n) is 4.00. The van der Waals surface area contributed by atoms with E-state index in [2.05, 4.69) is 29.2 Å². The van der Waals surface area contributed by atoms with E-state index in [-0.39, 0.29) is 0 Å². The summed E-state index contributed by atoms with van der Waals surface area (Å²) in [6.45, 7) is 0.564. The monoisotopic (exact) mass is 333 g/mol. The minimum Gasteiger partial charge on any atom is -0.489 e. The average molecular weight is 334 g/mol. The highest BCUT2D eigenvalue weighted by Crippen LogP contribution is 2.31. The number of benzene rings is 3. The van der Waals surface area contributed by atoms with Crippen LogP contribution in [-0.2, 0) is 6.61 Å². The second-order valence-corrected chi connectivity index (χ2v) is 6.09. The molecule has 0 radical (unpaired) electrons. The van der Waals surface area contributed by atoms with E-state index in [4.69, 9.17) is 16.3 Å². The number of fused-ring (bicyclic) bond motifs is 1. The maximum atomic E-state index is 6.29. The van der Waals surface area contributed by atoms with Crippen LogP contribution in [0.2, 0.25) is 5.02 Å². The molecule has 1 N–H and O–H groups in total. The number of nitrogens with one attached hydrogen (secondary N) is 1. The first kappa shape index (κ1) is 14.9. The number of aromatic amines is 1. The van der Waals surface area contributed by atoms with Gasteiger partial charge in [0.2, 0.25) is 0 Å². The maximum Gasteiger partial charge on any atom is 0.120 e. The summed E-state index contributed by atoms with van der Waals surface area (Å²) in [5.41, 5.74) is 4.23. The Morgan fingerprint density at radius 3 is 2.46 bits per heavy atom. The molecule has 0 amide bonds. The van der Waals surface area contributed by atoms with Crippen molar-refractivity contribution in [1.82, 2.24) is 4.98 Å². The molecule has 3 heteroatoms. The second kappa shape index (κ2) is 6.42. The Hall–Kier alpha value is -2.71. The molecule has 0 saturated heterocycles. The maximum absolute atomic E-state index is 6.29. The Kier molecular flexibility index (Phi) is 3.97. The number of aromatic nitrogens is 1. The quantitative estimate of drug-likeness (QED) is 0.482.